The second-order valence-corrected chi connectivity index (χ2v) is 5.87. The third kappa shape index (κ3) is 1.99. The quantitative estimate of drug-likeness (QED) is 0.336. The average Bonchev–Trinajstić information content (AvgIpc) is 2.48. The third-order valence-corrected chi connectivity index (χ3v) is 4.55. The molecule has 0 radical (unpaired) electrons. The van der Waals surface area contributed by atoms with Gasteiger partial charge in [0, 0.05) is 6.42 Å². The first-order valence-electron chi connectivity index (χ1n) is 6.98. The maximum absolute atomic E-state index is 12.4. The maximum Gasteiger partial charge on any atom is 0.316 e. The zero-order valence-corrected chi connectivity index (χ0v) is 11.8. The molecule has 116 valence electrons. The van der Waals surface area contributed by atoms with Crippen LogP contribution in [0.1, 0.15) is 29.6 Å². The molecule has 3 atom stereocenters. The second kappa shape index (κ2) is 4.84. The van der Waals surface area contributed by atoms with E-state index in [1.165, 1.54) is 12.1 Å². The van der Waals surface area contributed by atoms with Crippen LogP contribution in [0, 0.1) is 5.41 Å². The fraction of sp³-hybridized carbons (Fsp3) is 0.375. The van der Waals surface area contributed by atoms with Crippen molar-refractivity contribution in [3.63, 3.8) is 0 Å². The third-order valence-electron chi connectivity index (χ3n) is 4.55. The van der Waals surface area contributed by atoms with Crippen molar-refractivity contribution in [2.45, 2.75) is 31.5 Å². The highest BCUT2D eigenvalue weighted by Crippen LogP contribution is 2.49. The topological polar surface area (TPSA) is 104 Å². The van der Waals surface area contributed by atoms with Crippen LogP contribution in [0.4, 0.5) is 0 Å². The average molecular weight is 304 g/mol. The van der Waals surface area contributed by atoms with Crippen LogP contribution in [0.15, 0.2) is 30.4 Å². The SMILES string of the molecule is C=C1[C@@H](O)[C@]2(CC(=O)c3cc(O)ccc3O)CC[C@H]1OC2=O. The number of aromatic hydroxyl groups is 2. The lowest BCUT2D eigenvalue weighted by Crippen LogP contribution is -2.57. The number of ketones is 1. The van der Waals surface area contributed by atoms with Crippen molar-refractivity contribution < 1.29 is 29.6 Å². The summed E-state index contributed by atoms with van der Waals surface area (Å²) in [5.41, 5.74) is -1.05. The molecule has 1 saturated carbocycles. The summed E-state index contributed by atoms with van der Waals surface area (Å²) < 4.78 is 5.20. The number of benzene rings is 1. The van der Waals surface area contributed by atoms with E-state index in [1.54, 1.807) is 0 Å². The summed E-state index contributed by atoms with van der Waals surface area (Å²) >= 11 is 0. The van der Waals surface area contributed by atoms with Crippen molar-refractivity contribution in [2.75, 3.05) is 0 Å². The maximum atomic E-state index is 12.4. The van der Waals surface area contributed by atoms with E-state index in [4.69, 9.17) is 4.74 Å². The molecule has 3 N–H and O–H groups in total. The van der Waals surface area contributed by atoms with Gasteiger partial charge in [0.25, 0.3) is 0 Å². The van der Waals surface area contributed by atoms with Gasteiger partial charge in [-0.15, -0.1) is 0 Å². The Balaban J connectivity index is 1.93. The Hall–Kier alpha value is -2.34. The zero-order valence-electron chi connectivity index (χ0n) is 11.8. The summed E-state index contributed by atoms with van der Waals surface area (Å²) in [5, 5.41) is 29.6. The Morgan fingerprint density at radius 1 is 1.41 bits per heavy atom. The molecular weight excluding hydrogens is 288 g/mol. The summed E-state index contributed by atoms with van der Waals surface area (Å²) in [6.45, 7) is 3.74. The van der Waals surface area contributed by atoms with E-state index in [0.717, 1.165) is 6.07 Å². The number of ether oxygens (including phenoxy) is 1. The van der Waals surface area contributed by atoms with E-state index in [9.17, 15) is 24.9 Å². The monoisotopic (exact) mass is 304 g/mol. The van der Waals surface area contributed by atoms with Crippen LogP contribution in [0.5, 0.6) is 11.5 Å². The lowest BCUT2D eigenvalue weighted by Gasteiger charge is -2.48. The first-order chi connectivity index (χ1) is 10.3. The molecule has 6 heteroatoms. The molecule has 2 heterocycles. The molecule has 4 rings (SSSR count). The fourth-order valence-corrected chi connectivity index (χ4v) is 3.22. The highest BCUT2D eigenvalue weighted by atomic mass is 16.6. The Labute approximate surface area is 126 Å². The molecule has 1 aromatic carbocycles. The van der Waals surface area contributed by atoms with Gasteiger partial charge in [-0.05, 0) is 36.6 Å². The van der Waals surface area contributed by atoms with Crippen molar-refractivity contribution in [1.29, 1.82) is 0 Å². The predicted molar refractivity (Wildman–Crippen MR) is 75.4 cm³/mol. The Morgan fingerprint density at radius 3 is 2.82 bits per heavy atom. The van der Waals surface area contributed by atoms with Gasteiger partial charge >= 0.3 is 5.97 Å². The Kier molecular flexibility index (Phi) is 3.21. The lowest BCUT2D eigenvalue weighted by molar-refractivity contribution is -0.187. The number of carbonyl (C=O) groups is 2. The van der Waals surface area contributed by atoms with E-state index >= 15 is 0 Å². The lowest BCUT2D eigenvalue weighted by atomic mass is 9.64. The van der Waals surface area contributed by atoms with Gasteiger partial charge in [-0.25, -0.2) is 0 Å². The van der Waals surface area contributed by atoms with Crippen molar-refractivity contribution in [1.82, 2.24) is 0 Å². The van der Waals surface area contributed by atoms with Crippen LogP contribution in [0.2, 0.25) is 0 Å². The molecule has 22 heavy (non-hydrogen) atoms. The largest absolute Gasteiger partial charge is 0.508 e. The molecular formula is C16H16O6. The van der Waals surface area contributed by atoms with Crippen molar-refractivity contribution >= 4 is 11.8 Å². The fourth-order valence-electron chi connectivity index (χ4n) is 3.22. The van der Waals surface area contributed by atoms with E-state index in [2.05, 4.69) is 6.58 Å². The van der Waals surface area contributed by atoms with E-state index in [1.807, 2.05) is 0 Å². The summed E-state index contributed by atoms with van der Waals surface area (Å²) in [6.07, 6.45) is -1.11. The van der Waals surface area contributed by atoms with Crippen LogP contribution in [-0.4, -0.2) is 39.3 Å². The van der Waals surface area contributed by atoms with Crippen LogP contribution in [0.3, 0.4) is 0 Å². The molecule has 2 bridgehead atoms. The summed E-state index contributed by atoms with van der Waals surface area (Å²) in [6, 6.07) is 3.59. The Morgan fingerprint density at radius 2 is 2.14 bits per heavy atom. The molecule has 6 nitrogen and oxygen atoms in total. The van der Waals surface area contributed by atoms with E-state index in [-0.39, 0.29) is 23.5 Å². The van der Waals surface area contributed by atoms with Gasteiger partial charge in [0.2, 0.25) is 0 Å². The molecule has 0 spiro atoms. The standard InChI is InChI=1S/C16H16O6/c1-8-13-4-5-16(14(8)20,15(21)22-13)7-12(19)10-6-9(17)2-3-11(10)18/h2-3,6,13-14,17-18,20H,1,4-5,7H2/t13-,14-,16-/m1/s1. The summed E-state index contributed by atoms with van der Waals surface area (Å²) in [7, 11) is 0. The summed E-state index contributed by atoms with van der Waals surface area (Å²) in [4.78, 5) is 24.6. The van der Waals surface area contributed by atoms with Crippen LogP contribution >= 0.6 is 0 Å². The molecule has 1 aromatic rings. The van der Waals surface area contributed by atoms with Gasteiger partial charge in [-0.1, -0.05) is 6.58 Å². The number of aliphatic hydroxyl groups excluding tert-OH is 1. The minimum Gasteiger partial charge on any atom is -0.508 e. The number of Topliss-reactive ketones (excluding diaryl/α,β-unsaturated/α-hetero) is 1. The van der Waals surface area contributed by atoms with E-state index < -0.39 is 29.4 Å². The molecule has 3 aliphatic rings. The van der Waals surface area contributed by atoms with Gasteiger partial charge < -0.3 is 20.1 Å². The van der Waals surface area contributed by atoms with Gasteiger partial charge in [0.1, 0.15) is 23.0 Å². The number of carbonyl (C=O) groups excluding carboxylic acids is 2. The number of hydrogen-bond acceptors (Lipinski definition) is 6. The van der Waals surface area contributed by atoms with E-state index in [0.29, 0.717) is 18.4 Å². The molecule has 0 aromatic heterocycles. The molecule has 1 aliphatic carbocycles. The number of aliphatic hydroxyl groups is 1. The number of phenols is 2. The molecule has 0 amide bonds. The van der Waals surface area contributed by atoms with Crippen LogP contribution in [0.25, 0.3) is 0 Å². The summed E-state index contributed by atoms with van der Waals surface area (Å²) in [5.74, 6) is -1.61. The van der Waals surface area contributed by atoms with Crippen LogP contribution in [-0.2, 0) is 9.53 Å². The molecule has 2 saturated heterocycles. The highest BCUT2D eigenvalue weighted by molar-refractivity contribution is 6.02. The highest BCUT2D eigenvalue weighted by Gasteiger charge is 2.58. The molecule has 3 fully saturated rings. The number of phenolic OH excluding ortho intramolecular Hbond substituents is 2. The number of esters is 1. The van der Waals surface area contributed by atoms with Crippen molar-refractivity contribution in [3.8, 4) is 11.5 Å². The first kappa shape index (κ1) is 14.6. The molecule has 2 aliphatic heterocycles. The first-order valence-corrected chi connectivity index (χ1v) is 6.98. The van der Waals surface area contributed by atoms with Crippen molar-refractivity contribution in [3.05, 3.63) is 35.9 Å². The smallest absolute Gasteiger partial charge is 0.316 e. The second-order valence-electron chi connectivity index (χ2n) is 5.87. The van der Waals surface area contributed by atoms with Gasteiger partial charge in [-0.2, -0.15) is 0 Å². The number of hydrogen-bond donors (Lipinski definition) is 3. The normalized spacial score (nSPS) is 30.2. The predicted octanol–water partition coefficient (Wildman–Crippen LogP) is 1.29. The van der Waals surface area contributed by atoms with Gasteiger partial charge in [0.15, 0.2) is 5.78 Å². The van der Waals surface area contributed by atoms with Gasteiger partial charge in [-0.3, -0.25) is 9.59 Å². The minimum absolute atomic E-state index is 0.0901. The molecule has 0 unspecified atom stereocenters. The van der Waals surface area contributed by atoms with Gasteiger partial charge in [0.05, 0.1) is 11.7 Å². The van der Waals surface area contributed by atoms with Crippen molar-refractivity contribution in [2.24, 2.45) is 5.41 Å². The Bertz CT molecular complexity index is 679. The minimum atomic E-state index is -1.36. The number of rotatable bonds is 3. The number of fused-ring (bicyclic) bond motifs is 3. The van der Waals surface area contributed by atoms with Crippen LogP contribution < -0.4 is 0 Å². The zero-order chi connectivity index (χ0) is 16.1.